The number of nitrogens with zero attached hydrogens (tertiary/aromatic N) is 2. The van der Waals surface area contributed by atoms with Gasteiger partial charge >= 0.3 is 0 Å². The predicted molar refractivity (Wildman–Crippen MR) is 58.2 cm³/mol. The van der Waals surface area contributed by atoms with E-state index in [9.17, 15) is 0 Å². The number of rotatable bonds is 1. The summed E-state index contributed by atoms with van der Waals surface area (Å²) in [5, 5.41) is 0. The zero-order valence-electron chi connectivity index (χ0n) is 7.44. The molecule has 2 N–H and O–H groups in total. The fourth-order valence-electron chi connectivity index (χ4n) is 1.41. The molecule has 3 nitrogen and oxygen atoms in total. The third kappa shape index (κ3) is 2.06. The molecule has 1 aromatic heterocycles. The maximum atomic E-state index is 5.62. The highest BCUT2D eigenvalue weighted by atomic mass is 32.2. The summed E-state index contributed by atoms with van der Waals surface area (Å²) in [6.07, 6.45) is 0. The molecule has 0 saturated carbocycles. The number of anilines is 2. The molecule has 0 spiro atoms. The molecule has 1 aromatic rings. The van der Waals surface area contributed by atoms with Crippen molar-refractivity contribution >= 4 is 23.4 Å². The van der Waals surface area contributed by atoms with Crippen LogP contribution in [-0.4, -0.2) is 29.6 Å². The van der Waals surface area contributed by atoms with Gasteiger partial charge in [0, 0.05) is 24.6 Å². The summed E-state index contributed by atoms with van der Waals surface area (Å²) < 4.78 is 0. The monoisotopic (exact) mass is 195 g/mol. The van der Waals surface area contributed by atoms with Crippen LogP contribution in [0.15, 0.2) is 18.2 Å². The molecule has 1 aliphatic rings. The van der Waals surface area contributed by atoms with E-state index in [1.54, 1.807) is 0 Å². The van der Waals surface area contributed by atoms with Crippen LogP contribution in [-0.2, 0) is 0 Å². The van der Waals surface area contributed by atoms with Crippen molar-refractivity contribution in [1.29, 1.82) is 0 Å². The predicted octanol–water partition coefficient (Wildman–Crippen LogP) is 1.22. The Morgan fingerprint density at radius 2 is 2.08 bits per heavy atom. The van der Waals surface area contributed by atoms with Crippen LogP contribution in [0.4, 0.5) is 11.6 Å². The molecule has 1 aliphatic heterocycles. The van der Waals surface area contributed by atoms with Crippen molar-refractivity contribution in [1.82, 2.24) is 4.98 Å². The number of hydrogen-bond acceptors (Lipinski definition) is 4. The first kappa shape index (κ1) is 8.69. The lowest BCUT2D eigenvalue weighted by Crippen LogP contribution is -2.33. The van der Waals surface area contributed by atoms with Gasteiger partial charge in [0.05, 0.1) is 0 Å². The summed E-state index contributed by atoms with van der Waals surface area (Å²) in [6.45, 7) is 2.17. The van der Waals surface area contributed by atoms with Gasteiger partial charge in [0.15, 0.2) is 0 Å². The molecular formula is C9H13N3S. The van der Waals surface area contributed by atoms with Crippen LogP contribution >= 0.6 is 11.8 Å². The van der Waals surface area contributed by atoms with Gasteiger partial charge in [-0.05, 0) is 12.1 Å². The van der Waals surface area contributed by atoms with E-state index < -0.39 is 0 Å². The normalized spacial score (nSPS) is 17.4. The van der Waals surface area contributed by atoms with Crippen LogP contribution in [0.1, 0.15) is 0 Å². The smallest absolute Gasteiger partial charge is 0.131 e. The number of aromatic nitrogens is 1. The maximum absolute atomic E-state index is 5.62. The van der Waals surface area contributed by atoms with Gasteiger partial charge in [0.1, 0.15) is 11.6 Å². The van der Waals surface area contributed by atoms with E-state index in [-0.39, 0.29) is 0 Å². The van der Waals surface area contributed by atoms with E-state index in [1.807, 2.05) is 30.0 Å². The Labute approximate surface area is 82.3 Å². The lowest BCUT2D eigenvalue weighted by molar-refractivity contribution is 0.840. The van der Waals surface area contributed by atoms with Crippen LogP contribution in [0.25, 0.3) is 0 Å². The van der Waals surface area contributed by atoms with Crippen molar-refractivity contribution in [3.63, 3.8) is 0 Å². The molecular weight excluding hydrogens is 182 g/mol. The first-order valence-electron chi connectivity index (χ1n) is 4.41. The van der Waals surface area contributed by atoms with Crippen LogP contribution in [0, 0.1) is 0 Å². The molecule has 0 aliphatic carbocycles. The average molecular weight is 195 g/mol. The topological polar surface area (TPSA) is 42.1 Å². The largest absolute Gasteiger partial charge is 0.384 e. The molecule has 0 unspecified atom stereocenters. The summed E-state index contributed by atoms with van der Waals surface area (Å²) in [5.41, 5.74) is 5.62. The molecule has 2 rings (SSSR count). The SMILES string of the molecule is Nc1cccc(N2CCSCC2)n1. The summed E-state index contributed by atoms with van der Waals surface area (Å²) >= 11 is 2.00. The molecule has 0 aromatic carbocycles. The molecule has 0 bridgehead atoms. The highest BCUT2D eigenvalue weighted by Crippen LogP contribution is 2.17. The molecule has 70 valence electrons. The van der Waals surface area contributed by atoms with Gasteiger partial charge in [-0.2, -0.15) is 11.8 Å². The Morgan fingerprint density at radius 3 is 2.77 bits per heavy atom. The van der Waals surface area contributed by atoms with E-state index in [0.717, 1.165) is 18.9 Å². The average Bonchev–Trinajstić information content (AvgIpc) is 2.19. The number of hydrogen-bond donors (Lipinski definition) is 1. The van der Waals surface area contributed by atoms with Crippen molar-refractivity contribution < 1.29 is 0 Å². The minimum Gasteiger partial charge on any atom is -0.384 e. The first-order chi connectivity index (χ1) is 6.36. The van der Waals surface area contributed by atoms with E-state index in [1.165, 1.54) is 11.5 Å². The number of thioether (sulfide) groups is 1. The van der Waals surface area contributed by atoms with Gasteiger partial charge in [-0.3, -0.25) is 0 Å². The Morgan fingerprint density at radius 1 is 1.31 bits per heavy atom. The third-order valence-corrected chi connectivity index (χ3v) is 3.03. The van der Waals surface area contributed by atoms with Crippen molar-refractivity contribution in [3.8, 4) is 0 Å². The highest BCUT2D eigenvalue weighted by molar-refractivity contribution is 7.99. The van der Waals surface area contributed by atoms with Gasteiger partial charge < -0.3 is 10.6 Å². The minimum absolute atomic E-state index is 0.607. The van der Waals surface area contributed by atoms with Gasteiger partial charge in [-0.25, -0.2) is 4.98 Å². The van der Waals surface area contributed by atoms with Crippen LogP contribution in [0.5, 0.6) is 0 Å². The molecule has 0 atom stereocenters. The van der Waals surface area contributed by atoms with Crippen molar-refractivity contribution in [2.45, 2.75) is 0 Å². The number of pyridine rings is 1. The Balaban J connectivity index is 2.14. The van der Waals surface area contributed by atoms with E-state index in [0.29, 0.717) is 5.82 Å². The van der Waals surface area contributed by atoms with Crippen LogP contribution in [0.2, 0.25) is 0 Å². The minimum atomic E-state index is 0.607. The summed E-state index contributed by atoms with van der Waals surface area (Å²) in [4.78, 5) is 6.58. The van der Waals surface area contributed by atoms with Crippen LogP contribution < -0.4 is 10.6 Å². The summed E-state index contributed by atoms with van der Waals surface area (Å²) in [6, 6.07) is 5.80. The van der Waals surface area contributed by atoms with Gasteiger partial charge in [0.2, 0.25) is 0 Å². The zero-order valence-corrected chi connectivity index (χ0v) is 8.26. The third-order valence-electron chi connectivity index (χ3n) is 2.09. The van der Waals surface area contributed by atoms with E-state index >= 15 is 0 Å². The highest BCUT2D eigenvalue weighted by Gasteiger charge is 2.11. The second-order valence-electron chi connectivity index (χ2n) is 3.02. The molecule has 2 heterocycles. The lowest BCUT2D eigenvalue weighted by Gasteiger charge is -2.27. The van der Waals surface area contributed by atoms with Crippen molar-refractivity contribution in [2.75, 3.05) is 35.2 Å². The molecule has 0 amide bonds. The molecule has 1 fully saturated rings. The Bertz CT molecular complexity index is 284. The number of nitrogens with two attached hydrogens (primary N) is 1. The number of nitrogen functional groups attached to an aromatic ring is 1. The fraction of sp³-hybridized carbons (Fsp3) is 0.444. The van der Waals surface area contributed by atoms with Gasteiger partial charge in [0.25, 0.3) is 0 Å². The Kier molecular flexibility index (Phi) is 2.59. The zero-order chi connectivity index (χ0) is 9.10. The van der Waals surface area contributed by atoms with Crippen molar-refractivity contribution in [3.05, 3.63) is 18.2 Å². The molecule has 0 radical (unpaired) electrons. The van der Waals surface area contributed by atoms with E-state index in [4.69, 9.17) is 5.73 Å². The van der Waals surface area contributed by atoms with Gasteiger partial charge in [-0.1, -0.05) is 6.07 Å². The summed E-state index contributed by atoms with van der Waals surface area (Å²) in [7, 11) is 0. The van der Waals surface area contributed by atoms with Crippen molar-refractivity contribution in [2.24, 2.45) is 0 Å². The van der Waals surface area contributed by atoms with E-state index in [2.05, 4.69) is 9.88 Å². The molecule has 4 heteroatoms. The quantitative estimate of drug-likeness (QED) is 0.731. The standard InChI is InChI=1S/C9H13N3S/c10-8-2-1-3-9(11-8)12-4-6-13-7-5-12/h1-3H,4-7H2,(H2,10,11). The second-order valence-corrected chi connectivity index (χ2v) is 4.24. The fourth-order valence-corrected chi connectivity index (χ4v) is 2.31. The summed E-state index contributed by atoms with van der Waals surface area (Å²) in [5.74, 6) is 4.00. The first-order valence-corrected chi connectivity index (χ1v) is 5.57. The Hall–Kier alpha value is -0.900. The maximum Gasteiger partial charge on any atom is 0.131 e. The van der Waals surface area contributed by atoms with Gasteiger partial charge in [-0.15, -0.1) is 0 Å². The second kappa shape index (κ2) is 3.87. The lowest BCUT2D eigenvalue weighted by atomic mass is 10.4. The van der Waals surface area contributed by atoms with Crippen LogP contribution in [0.3, 0.4) is 0 Å². The molecule has 13 heavy (non-hydrogen) atoms. The molecule has 1 saturated heterocycles.